The highest BCUT2D eigenvalue weighted by Crippen LogP contribution is 2.44. The highest BCUT2D eigenvalue weighted by Gasteiger charge is 2.42. The van der Waals surface area contributed by atoms with Gasteiger partial charge in [-0.2, -0.15) is 4.31 Å². The molecule has 0 spiro atoms. The number of rotatable bonds is 5. The molecule has 0 bridgehead atoms. The third-order valence-electron chi connectivity index (χ3n) is 6.84. The minimum atomic E-state index is -4.05. The van der Waals surface area contributed by atoms with Crippen molar-refractivity contribution in [1.82, 2.24) is 4.31 Å². The van der Waals surface area contributed by atoms with Gasteiger partial charge in [-0.3, -0.25) is 4.79 Å². The molecule has 0 radical (unpaired) electrons. The summed E-state index contributed by atoms with van der Waals surface area (Å²) in [6.45, 7) is 0.982. The average Bonchev–Trinajstić information content (AvgIpc) is 3.34. The molecule has 5 rings (SSSR count). The van der Waals surface area contributed by atoms with Crippen molar-refractivity contribution in [2.24, 2.45) is 0 Å². The maximum absolute atomic E-state index is 14.6. The van der Waals surface area contributed by atoms with E-state index in [9.17, 15) is 17.6 Å². The zero-order chi connectivity index (χ0) is 23.8. The Morgan fingerprint density at radius 2 is 1.71 bits per heavy atom. The van der Waals surface area contributed by atoms with Crippen LogP contribution in [0.5, 0.6) is 11.5 Å². The van der Waals surface area contributed by atoms with Gasteiger partial charge in [-0.05, 0) is 48.7 Å². The number of sulfonamides is 1. The average molecular weight is 491 g/mol. The fourth-order valence-corrected chi connectivity index (χ4v) is 6.45. The highest BCUT2D eigenvalue weighted by atomic mass is 32.2. The number of ether oxygens (including phenoxy) is 3. The lowest BCUT2D eigenvalue weighted by Crippen LogP contribution is -2.42. The summed E-state index contributed by atoms with van der Waals surface area (Å²) in [4.78, 5) is 13.2. The molecule has 1 saturated carbocycles. The Morgan fingerprint density at radius 1 is 0.971 bits per heavy atom. The van der Waals surface area contributed by atoms with Gasteiger partial charge in [0.15, 0.2) is 11.5 Å². The maximum atomic E-state index is 14.6. The van der Waals surface area contributed by atoms with Crippen LogP contribution in [0, 0.1) is 5.82 Å². The summed E-state index contributed by atoms with van der Waals surface area (Å²) in [7, 11) is -4.05. The molecule has 2 aliphatic heterocycles. The molecule has 1 N–H and O–H groups in total. The van der Waals surface area contributed by atoms with E-state index in [4.69, 9.17) is 14.2 Å². The molecule has 3 aliphatic rings. The number of fused-ring (bicyclic) bond motifs is 1. The van der Waals surface area contributed by atoms with Crippen molar-refractivity contribution in [3.8, 4) is 11.5 Å². The molecule has 182 valence electrons. The molecule has 10 heteroatoms. The molecule has 2 aromatic carbocycles. The molecule has 0 unspecified atom stereocenters. The number of carbonyl (C=O) groups is 1. The SMILES string of the molecule is O=C(Nc1ccc(F)c(S(=O)(=O)N2CCOCC2)c1)C1(c2ccc3c(c2)OCO3)CCCCC1. The lowest BCUT2D eigenvalue weighted by molar-refractivity contribution is -0.122. The Balaban J connectivity index is 1.45. The van der Waals surface area contributed by atoms with E-state index in [0.29, 0.717) is 24.3 Å². The van der Waals surface area contributed by atoms with Crippen LogP contribution in [0.4, 0.5) is 10.1 Å². The number of anilines is 1. The molecule has 1 aliphatic carbocycles. The van der Waals surface area contributed by atoms with Gasteiger partial charge >= 0.3 is 0 Å². The van der Waals surface area contributed by atoms with Crippen molar-refractivity contribution >= 4 is 21.6 Å². The number of benzene rings is 2. The molecule has 1 amide bonds. The molecular weight excluding hydrogens is 463 g/mol. The van der Waals surface area contributed by atoms with Gasteiger partial charge in [0, 0.05) is 18.8 Å². The quantitative estimate of drug-likeness (QED) is 0.690. The number of hydrogen-bond acceptors (Lipinski definition) is 6. The summed E-state index contributed by atoms with van der Waals surface area (Å²) in [5.74, 6) is 0.155. The molecule has 0 aromatic heterocycles. The van der Waals surface area contributed by atoms with Crippen molar-refractivity contribution < 1.29 is 31.8 Å². The van der Waals surface area contributed by atoms with Crippen LogP contribution >= 0.6 is 0 Å². The number of carbonyl (C=O) groups excluding carboxylic acids is 1. The van der Waals surface area contributed by atoms with Crippen molar-refractivity contribution in [2.75, 3.05) is 38.4 Å². The Kier molecular flexibility index (Phi) is 6.22. The van der Waals surface area contributed by atoms with Gasteiger partial charge in [0.25, 0.3) is 0 Å². The lowest BCUT2D eigenvalue weighted by Gasteiger charge is -2.36. The predicted octanol–water partition coefficient (Wildman–Crippen LogP) is 3.42. The van der Waals surface area contributed by atoms with Gasteiger partial charge in [-0.1, -0.05) is 25.3 Å². The van der Waals surface area contributed by atoms with Crippen LogP contribution in [-0.4, -0.2) is 51.7 Å². The van der Waals surface area contributed by atoms with Crippen LogP contribution in [0.25, 0.3) is 0 Å². The van der Waals surface area contributed by atoms with E-state index in [1.807, 2.05) is 18.2 Å². The van der Waals surface area contributed by atoms with Crippen LogP contribution in [-0.2, 0) is 25.0 Å². The van der Waals surface area contributed by atoms with Crippen molar-refractivity contribution in [3.05, 3.63) is 47.8 Å². The zero-order valence-corrected chi connectivity index (χ0v) is 19.5. The molecule has 2 aromatic rings. The minimum absolute atomic E-state index is 0.147. The fraction of sp³-hybridized carbons (Fsp3) is 0.458. The lowest BCUT2D eigenvalue weighted by atomic mass is 9.68. The minimum Gasteiger partial charge on any atom is -0.454 e. The second-order valence-electron chi connectivity index (χ2n) is 8.83. The summed E-state index contributed by atoms with van der Waals surface area (Å²) in [6, 6.07) is 9.23. The molecule has 2 fully saturated rings. The van der Waals surface area contributed by atoms with Gasteiger partial charge in [-0.15, -0.1) is 0 Å². The van der Waals surface area contributed by atoms with Crippen molar-refractivity contribution in [2.45, 2.75) is 42.4 Å². The largest absolute Gasteiger partial charge is 0.454 e. The smallest absolute Gasteiger partial charge is 0.246 e. The Hall–Kier alpha value is -2.69. The van der Waals surface area contributed by atoms with Crippen molar-refractivity contribution in [1.29, 1.82) is 0 Å². The molecule has 1 saturated heterocycles. The first-order valence-corrected chi connectivity index (χ1v) is 12.9. The Morgan fingerprint density at radius 3 is 2.47 bits per heavy atom. The van der Waals surface area contributed by atoms with Gasteiger partial charge in [0.05, 0.1) is 18.6 Å². The van der Waals surface area contributed by atoms with E-state index < -0.39 is 26.2 Å². The number of nitrogens with one attached hydrogen (secondary N) is 1. The first-order valence-electron chi connectivity index (χ1n) is 11.5. The van der Waals surface area contributed by atoms with Crippen LogP contribution in [0.3, 0.4) is 0 Å². The number of morpholine rings is 1. The van der Waals surface area contributed by atoms with Crippen LogP contribution in [0.15, 0.2) is 41.3 Å². The van der Waals surface area contributed by atoms with Crippen LogP contribution < -0.4 is 14.8 Å². The normalized spacial score (nSPS) is 20.1. The predicted molar refractivity (Wildman–Crippen MR) is 122 cm³/mol. The number of nitrogens with zero attached hydrogens (tertiary/aromatic N) is 1. The van der Waals surface area contributed by atoms with E-state index >= 15 is 0 Å². The van der Waals surface area contributed by atoms with Gasteiger partial charge < -0.3 is 19.5 Å². The standard InChI is InChI=1S/C24H27FN2O6S/c25-19-6-5-18(15-22(19)34(29,30)27-10-12-31-13-11-27)26-23(28)24(8-2-1-3-9-24)17-4-7-20-21(14-17)33-16-32-20/h4-7,14-15H,1-3,8-13,16H2,(H,26,28). The van der Waals surface area contributed by atoms with Gasteiger partial charge in [0.2, 0.25) is 22.7 Å². The summed E-state index contributed by atoms with van der Waals surface area (Å²) in [5, 5.41) is 2.88. The topological polar surface area (TPSA) is 94.2 Å². The molecule has 2 heterocycles. The van der Waals surface area contributed by atoms with Crippen LogP contribution in [0.2, 0.25) is 0 Å². The number of halogens is 1. The first kappa shape index (κ1) is 23.1. The molecule has 34 heavy (non-hydrogen) atoms. The van der Waals surface area contributed by atoms with Gasteiger partial charge in [-0.25, -0.2) is 12.8 Å². The van der Waals surface area contributed by atoms with Gasteiger partial charge in [0.1, 0.15) is 10.7 Å². The maximum Gasteiger partial charge on any atom is 0.246 e. The monoisotopic (exact) mass is 490 g/mol. The van der Waals surface area contributed by atoms with E-state index in [1.165, 1.54) is 16.4 Å². The zero-order valence-electron chi connectivity index (χ0n) is 18.7. The first-order chi connectivity index (χ1) is 16.4. The van der Waals surface area contributed by atoms with E-state index in [-0.39, 0.29) is 44.7 Å². The molecule has 8 nitrogen and oxygen atoms in total. The molecular formula is C24H27FN2O6S. The fourth-order valence-electron chi connectivity index (χ4n) is 4.95. The summed E-state index contributed by atoms with van der Waals surface area (Å²) in [5.41, 5.74) is 0.276. The van der Waals surface area contributed by atoms with E-state index in [1.54, 1.807) is 0 Å². The number of amides is 1. The van der Waals surface area contributed by atoms with E-state index in [2.05, 4.69) is 5.32 Å². The third kappa shape index (κ3) is 4.14. The third-order valence-corrected chi connectivity index (χ3v) is 8.76. The summed E-state index contributed by atoms with van der Waals surface area (Å²) < 4.78 is 58.0. The molecule has 0 atom stereocenters. The summed E-state index contributed by atoms with van der Waals surface area (Å²) >= 11 is 0. The van der Waals surface area contributed by atoms with Crippen LogP contribution in [0.1, 0.15) is 37.7 Å². The second kappa shape index (κ2) is 9.16. The Labute approximate surface area is 198 Å². The van der Waals surface area contributed by atoms with Crippen molar-refractivity contribution in [3.63, 3.8) is 0 Å². The highest BCUT2D eigenvalue weighted by molar-refractivity contribution is 7.89. The summed E-state index contributed by atoms with van der Waals surface area (Å²) in [6.07, 6.45) is 4.12. The second-order valence-corrected chi connectivity index (χ2v) is 10.7. The number of hydrogen-bond donors (Lipinski definition) is 1. The Bertz CT molecular complexity index is 1190. The van der Waals surface area contributed by atoms with E-state index in [0.717, 1.165) is 30.9 Å².